The maximum atomic E-state index is 13.8. The highest BCUT2D eigenvalue weighted by atomic mass is 19.4. The third-order valence-corrected chi connectivity index (χ3v) is 4.47. The fraction of sp³-hybridized carbons (Fsp3) is 0.471. The SMILES string of the molecule is CN(CCc1cn[nH]n1)C(=O)N1CC(OCc2ccc(C(F)(F)F)cc2F)C1. The monoisotopic (exact) mass is 401 g/mol. The van der Waals surface area contributed by atoms with Crippen molar-refractivity contribution in [1.29, 1.82) is 0 Å². The van der Waals surface area contributed by atoms with E-state index in [1.54, 1.807) is 23.0 Å². The number of benzene rings is 1. The Morgan fingerprint density at radius 3 is 2.75 bits per heavy atom. The number of alkyl halides is 3. The molecule has 0 spiro atoms. The average molecular weight is 401 g/mol. The molecule has 1 aliphatic rings. The van der Waals surface area contributed by atoms with E-state index < -0.39 is 17.6 Å². The second-order valence-electron chi connectivity index (χ2n) is 6.56. The van der Waals surface area contributed by atoms with Crippen LogP contribution in [-0.2, 0) is 23.9 Å². The number of urea groups is 1. The number of ether oxygens (including phenoxy) is 1. The smallest absolute Gasteiger partial charge is 0.370 e. The number of halogens is 4. The number of carbonyl (C=O) groups is 1. The van der Waals surface area contributed by atoms with Crippen LogP contribution in [-0.4, -0.2) is 64.0 Å². The van der Waals surface area contributed by atoms with Crippen LogP contribution in [0.15, 0.2) is 24.4 Å². The number of H-pyrrole nitrogens is 1. The van der Waals surface area contributed by atoms with Crippen LogP contribution in [0.1, 0.15) is 16.8 Å². The van der Waals surface area contributed by atoms with Crippen LogP contribution in [0, 0.1) is 5.82 Å². The fourth-order valence-corrected chi connectivity index (χ4v) is 2.71. The highest BCUT2D eigenvalue weighted by Gasteiger charge is 2.34. The van der Waals surface area contributed by atoms with E-state index in [9.17, 15) is 22.4 Å². The number of aromatic nitrogens is 3. The number of carbonyl (C=O) groups excluding carboxylic acids is 1. The lowest BCUT2D eigenvalue weighted by Gasteiger charge is -2.40. The summed E-state index contributed by atoms with van der Waals surface area (Å²) in [4.78, 5) is 15.4. The maximum Gasteiger partial charge on any atom is 0.416 e. The van der Waals surface area contributed by atoms with E-state index in [2.05, 4.69) is 15.4 Å². The lowest BCUT2D eigenvalue weighted by molar-refractivity contribution is -0.137. The number of hydrogen-bond acceptors (Lipinski definition) is 4. The first-order valence-electron chi connectivity index (χ1n) is 8.56. The van der Waals surface area contributed by atoms with Gasteiger partial charge in [-0.15, -0.1) is 0 Å². The minimum atomic E-state index is -4.59. The van der Waals surface area contributed by atoms with Crippen LogP contribution in [0.3, 0.4) is 0 Å². The van der Waals surface area contributed by atoms with Gasteiger partial charge in [0.05, 0.1) is 43.3 Å². The first kappa shape index (κ1) is 20.1. The van der Waals surface area contributed by atoms with Gasteiger partial charge in [-0.2, -0.15) is 28.6 Å². The molecule has 7 nitrogen and oxygen atoms in total. The molecule has 0 saturated carbocycles. The number of amides is 2. The topological polar surface area (TPSA) is 74.4 Å². The normalized spacial score (nSPS) is 14.8. The highest BCUT2D eigenvalue weighted by molar-refractivity contribution is 5.75. The Labute approximate surface area is 158 Å². The number of rotatable bonds is 6. The second-order valence-corrected chi connectivity index (χ2v) is 6.56. The standard InChI is InChI=1S/C17H19F4N5O2/c1-25(5-4-13-7-22-24-23-13)16(27)26-8-14(9-26)28-10-11-2-3-12(6-15(11)18)17(19,20)21/h2-3,6-7,14H,4-5,8-10H2,1H3,(H,22,23,24). The van der Waals surface area contributed by atoms with Gasteiger partial charge < -0.3 is 14.5 Å². The Morgan fingerprint density at radius 2 is 2.14 bits per heavy atom. The first-order valence-corrected chi connectivity index (χ1v) is 8.56. The number of likely N-dealkylation sites (tertiary alicyclic amines) is 1. The van der Waals surface area contributed by atoms with Gasteiger partial charge in [0.2, 0.25) is 0 Å². The van der Waals surface area contributed by atoms with Crippen molar-refractivity contribution in [2.45, 2.75) is 25.3 Å². The van der Waals surface area contributed by atoms with Gasteiger partial charge in [0.15, 0.2) is 0 Å². The molecule has 28 heavy (non-hydrogen) atoms. The van der Waals surface area contributed by atoms with Crippen LogP contribution in [0.5, 0.6) is 0 Å². The lowest BCUT2D eigenvalue weighted by Crippen LogP contribution is -2.58. The van der Waals surface area contributed by atoms with Crippen molar-refractivity contribution in [2.24, 2.45) is 0 Å². The molecule has 0 bridgehead atoms. The third kappa shape index (κ3) is 4.77. The molecule has 0 aliphatic carbocycles. The van der Waals surface area contributed by atoms with Crippen molar-refractivity contribution in [2.75, 3.05) is 26.7 Å². The molecule has 0 unspecified atom stereocenters. The molecule has 1 aromatic heterocycles. The van der Waals surface area contributed by atoms with Crippen molar-refractivity contribution in [3.8, 4) is 0 Å². The van der Waals surface area contributed by atoms with Gasteiger partial charge in [0.1, 0.15) is 5.82 Å². The van der Waals surface area contributed by atoms with E-state index in [-0.39, 0.29) is 24.3 Å². The number of likely N-dealkylation sites (N-methyl/N-ethyl adjacent to an activating group) is 1. The molecule has 0 radical (unpaired) electrons. The summed E-state index contributed by atoms with van der Waals surface area (Å²) in [7, 11) is 1.67. The predicted octanol–water partition coefficient (Wildman–Crippen LogP) is 2.46. The largest absolute Gasteiger partial charge is 0.416 e. The zero-order valence-corrected chi connectivity index (χ0v) is 15.0. The Hall–Kier alpha value is -2.69. The van der Waals surface area contributed by atoms with E-state index in [0.717, 1.165) is 17.8 Å². The zero-order chi connectivity index (χ0) is 20.3. The predicted molar refractivity (Wildman–Crippen MR) is 89.7 cm³/mol. The second kappa shape index (κ2) is 8.13. The molecule has 1 saturated heterocycles. The van der Waals surface area contributed by atoms with Crippen molar-refractivity contribution in [1.82, 2.24) is 25.2 Å². The zero-order valence-electron chi connectivity index (χ0n) is 15.0. The first-order chi connectivity index (χ1) is 13.2. The summed E-state index contributed by atoms with van der Waals surface area (Å²) in [5.74, 6) is -0.963. The van der Waals surface area contributed by atoms with Gasteiger partial charge in [-0.05, 0) is 12.1 Å². The van der Waals surface area contributed by atoms with Crippen molar-refractivity contribution in [3.63, 3.8) is 0 Å². The molecule has 1 aliphatic heterocycles. The van der Waals surface area contributed by atoms with Gasteiger partial charge in [-0.25, -0.2) is 9.18 Å². The van der Waals surface area contributed by atoms with Crippen LogP contribution < -0.4 is 0 Å². The molecule has 3 rings (SSSR count). The molecular formula is C17H19F4N5O2. The van der Waals surface area contributed by atoms with E-state index in [1.165, 1.54) is 0 Å². The van der Waals surface area contributed by atoms with Gasteiger partial charge in [0.25, 0.3) is 0 Å². The minimum Gasteiger partial charge on any atom is -0.370 e. The summed E-state index contributed by atoms with van der Waals surface area (Å²) in [6.45, 7) is 1.01. The lowest BCUT2D eigenvalue weighted by atomic mass is 10.1. The molecule has 1 aromatic carbocycles. The van der Waals surface area contributed by atoms with E-state index in [4.69, 9.17) is 4.74 Å². The van der Waals surface area contributed by atoms with Gasteiger partial charge in [-0.3, -0.25) is 0 Å². The molecule has 152 valence electrons. The quantitative estimate of drug-likeness (QED) is 0.755. The third-order valence-electron chi connectivity index (χ3n) is 4.47. The number of hydrogen-bond donors (Lipinski definition) is 1. The Balaban J connectivity index is 1.41. The number of nitrogens with zero attached hydrogens (tertiary/aromatic N) is 4. The molecule has 2 heterocycles. The average Bonchev–Trinajstić information content (AvgIpc) is 3.11. The summed E-state index contributed by atoms with van der Waals surface area (Å²) < 4.78 is 56.9. The molecule has 11 heteroatoms. The van der Waals surface area contributed by atoms with Crippen LogP contribution in [0.25, 0.3) is 0 Å². The Kier molecular flexibility index (Phi) is 5.82. The summed E-state index contributed by atoms with van der Waals surface area (Å²) >= 11 is 0. The maximum absolute atomic E-state index is 13.8. The van der Waals surface area contributed by atoms with Crippen LogP contribution >= 0.6 is 0 Å². The van der Waals surface area contributed by atoms with Crippen molar-refractivity contribution < 1.29 is 27.1 Å². The van der Waals surface area contributed by atoms with E-state index in [1.807, 2.05) is 0 Å². The van der Waals surface area contributed by atoms with E-state index >= 15 is 0 Å². The van der Waals surface area contributed by atoms with Crippen molar-refractivity contribution >= 4 is 6.03 Å². The summed E-state index contributed by atoms with van der Waals surface area (Å²) in [5.41, 5.74) is -0.242. The number of nitrogens with one attached hydrogen (secondary N) is 1. The summed E-state index contributed by atoms with van der Waals surface area (Å²) in [6.07, 6.45) is -2.71. The summed E-state index contributed by atoms with van der Waals surface area (Å²) in [5, 5.41) is 10.1. The molecule has 2 amide bonds. The van der Waals surface area contributed by atoms with Gasteiger partial charge >= 0.3 is 12.2 Å². The highest BCUT2D eigenvalue weighted by Crippen LogP contribution is 2.30. The van der Waals surface area contributed by atoms with Crippen molar-refractivity contribution in [3.05, 3.63) is 47.0 Å². The van der Waals surface area contributed by atoms with Gasteiger partial charge in [-0.1, -0.05) is 6.07 Å². The minimum absolute atomic E-state index is 0.0440. The molecule has 1 fully saturated rings. The van der Waals surface area contributed by atoms with Gasteiger partial charge in [0, 0.05) is 25.6 Å². The van der Waals surface area contributed by atoms with Crippen LogP contribution in [0.2, 0.25) is 0 Å². The summed E-state index contributed by atoms with van der Waals surface area (Å²) in [6, 6.07) is 2.18. The fourth-order valence-electron chi connectivity index (χ4n) is 2.71. The Morgan fingerprint density at radius 1 is 1.39 bits per heavy atom. The Bertz CT molecular complexity index is 806. The molecule has 2 aromatic rings. The molecular weight excluding hydrogens is 382 g/mol. The number of aromatic amines is 1. The van der Waals surface area contributed by atoms with Crippen LogP contribution in [0.4, 0.5) is 22.4 Å². The molecule has 1 N–H and O–H groups in total. The van der Waals surface area contributed by atoms with E-state index in [0.29, 0.717) is 32.1 Å². The molecule has 0 atom stereocenters.